The molecule has 0 bridgehead atoms. The normalized spacial score (nSPS) is 10.4. The van der Waals surface area contributed by atoms with Crippen molar-refractivity contribution < 1.29 is 23.8 Å². The van der Waals surface area contributed by atoms with Crippen molar-refractivity contribution in [3.8, 4) is 63.0 Å². The zero-order valence-electron chi connectivity index (χ0n) is 23.4. The zero-order valence-corrected chi connectivity index (χ0v) is 23.4. The highest BCUT2D eigenvalue weighted by atomic mass is 16.5. The van der Waals surface area contributed by atoms with E-state index < -0.39 is 0 Å². The molecule has 3 heterocycles. The number of para-hydroxylation sites is 1. The summed E-state index contributed by atoms with van der Waals surface area (Å²) in [7, 11) is 1.67. The minimum atomic E-state index is 0.253. The van der Waals surface area contributed by atoms with Crippen molar-refractivity contribution in [2.24, 2.45) is 0 Å². The fraction of sp³-hybridized carbons (Fsp3) is 0.0278. The van der Waals surface area contributed by atoms with Gasteiger partial charge in [-0.25, -0.2) is 4.98 Å². The Labute approximate surface area is 252 Å². The summed E-state index contributed by atoms with van der Waals surface area (Å²) < 4.78 is 15.7. The highest BCUT2D eigenvalue weighted by Crippen LogP contribution is 2.35. The van der Waals surface area contributed by atoms with Gasteiger partial charge in [0.05, 0.1) is 29.9 Å². The lowest BCUT2D eigenvalue weighted by Crippen LogP contribution is -1.97. The van der Waals surface area contributed by atoms with Crippen molar-refractivity contribution in [1.82, 2.24) is 15.0 Å². The van der Waals surface area contributed by atoms with Crippen molar-refractivity contribution in [1.29, 1.82) is 0 Å². The number of ether oxygens (including phenoxy) is 3. The second-order valence-electron chi connectivity index (χ2n) is 9.46. The van der Waals surface area contributed by atoms with Gasteiger partial charge in [-0.05, 0) is 46.7 Å². The van der Waals surface area contributed by atoms with E-state index in [9.17, 15) is 9.59 Å². The van der Waals surface area contributed by atoms with Crippen LogP contribution >= 0.6 is 0 Å². The van der Waals surface area contributed by atoms with Gasteiger partial charge in [0.15, 0.2) is 0 Å². The highest BCUT2D eigenvalue weighted by Gasteiger charge is 2.13. The third kappa shape index (κ3) is 5.84. The summed E-state index contributed by atoms with van der Waals surface area (Å²) in [4.78, 5) is 35.4. The fourth-order valence-electron chi connectivity index (χ4n) is 4.88. The Morgan fingerprint density at radius 2 is 1.27 bits per heavy atom. The van der Waals surface area contributed by atoms with E-state index in [1.54, 1.807) is 37.6 Å². The summed E-state index contributed by atoms with van der Waals surface area (Å²) in [6.07, 6.45) is 3.14. The molecule has 0 aliphatic carbocycles. The summed E-state index contributed by atoms with van der Waals surface area (Å²) >= 11 is 0. The molecule has 0 radical (unpaired) electrons. The first-order chi connectivity index (χ1) is 21.7. The fourth-order valence-corrected chi connectivity index (χ4v) is 4.88. The maximum Gasteiger partial charge on any atom is 0.298 e. The Morgan fingerprint density at radius 1 is 0.614 bits per heavy atom. The predicted molar refractivity (Wildman–Crippen MR) is 166 cm³/mol. The molecule has 0 saturated heterocycles. The third-order valence-corrected chi connectivity index (χ3v) is 6.84. The minimum absolute atomic E-state index is 0.253. The van der Waals surface area contributed by atoms with Crippen LogP contribution in [0.4, 0.5) is 0 Å². The molecule has 6 aromatic rings. The van der Waals surface area contributed by atoms with Gasteiger partial charge in [-0.3, -0.25) is 19.6 Å². The van der Waals surface area contributed by atoms with Crippen molar-refractivity contribution in [3.63, 3.8) is 0 Å². The minimum Gasteiger partial charge on any atom is -0.496 e. The largest absolute Gasteiger partial charge is 0.496 e. The van der Waals surface area contributed by atoms with Crippen LogP contribution in [0.1, 0.15) is 11.1 Å². The summed E-state index contributed by atoms with van der Waals surface area (Å²) in [6.45, 7) is 0.666. The SMILES string of the molecule is COc1ccccc1-c1cccc2c(C#Cc3ccnc(-c4cc(OC=O)cc(-c5cc(OC=O)ccn5)n4)c3)cccc12. The molecular weight excluding hydrogens is 554 g/mol. The van der Waals surface area contributed by atoms with Crippen LogP contribution in [-0.4, -0.2) is 35.0 Å². The number of carbonyl (C=O) groups excluding carboxylic acids is 2. The van der Waals surface area contributed by atoms with Gasteiger partial charge in [-0.15, -0.1) is 0 Å². The smallest absolute Gasteiger partial charge is 0.298 e. The van der Waals surface area contributed by atoms with Gasteiger partial charge < -0.3 is 14.2 Å². The van der Waals surface area contributed by atoms with Crippen LogP contribution in [0, 0.1) is 11.8 Å². The number of methoxy groups -OCH3 is 1. The van der Waals surface area contributed by atoms with E-state index in [0.29, 0.717) is 41.5 Å². The monoisotopic (exact) mass is 577 g/mol. The quantitative estimate of drug-likeness (QED) is 0.149. The van der Waals surface area contributed by atoms with Crippen LogP contribution in [0.3, 0.4) is 0 Å². The average Bonchev–Trinajstić information content (AvgIpc) is 3.07. The van der Waals surface area contributed by atoms with Crippen LogP contribution in [0.25, 0.3) is 44.7 Å². The number of fused-ring (bicyclic) bond motifs is 1. The zero-order chi connectivity index (χ0) is 30.3. The Morgan fingerprint density at radius 3 is 2.07 bits per heavy atom. The van der Waals surface area contributed by atoms with Crippen LogP contribution < -0.4 is 14.2 Å². The number of benzene rings is 3. The van der Waals surface area contributed by atoms with Crippen molar-refractivity contribution >= 4 is 23.7 Å². The molecule has 0 aliphatic heterocycles. The van der Waals surface area contributed by atoms with Gasteiger partial charge in [-0.1, -0.05) is 60.4 Å². The lowest BCUT2D eigenvalue weighted by Gasteiger charge is -2.12. The molecule has 8 nitrogen and oxygen atoms in total. The van der Waals surface area contributed by atoms with E-state index in [-0.39, 0.29) is 5.75 Å². The Kier molecular flexibility index (Phi) is 8.01. The Balaban J connectivity index is 1.38. The second-order valence-corrected chi connectivity index (χ2v) is 9.46. The van der Waals surface area contributed by atoms with Crippen LogP contribution in [0.2, 0.25) is 0 Å². The molecule has 0 N–H and O–H groups in total. The summed E-state index contributed by atoms with van der Waals surface area (Å²) in [5.41, 5.74) is 5.45. The first-order valence-corrected chi connectivity index (χ1v) is 13.5. The maximum absolute atomic E-state index is 11.2. The summed E-state index contributed by atoms with van der Waals surface area (Å²) in [5.74, 6) is 7.94. The van der Waals surface area contributed by atoms with E-state index in [4.69, 9.17) is 14.2 Å². The molecule has 3 aromatic carbocycles. The van der Waals surface area contributed by atoms with Crippen LogP contribution in [0.15, 0.2) is 109 Å². The number of aromatic nitrogens is 3. The molecule has 0 aliphatic rings. The molecule has 0 amide bonds. The Hall–Kier alpha value is -6.33. The first-order valence-electron chi connectivity index (χ1n) is 13.5. The molecule has 0 spiro atoms. The predicted octanol–water partition coefficient (Wildman–Crippen LogP) is 6.50. The number of nitrogens with zero attached hydrogens (tertiary/aromatic N) is 3. The van der Waals surface area contributed by atoms with E-state index >= 15 is 0 Å². The van der Waals surface area contributed by atoms with Gasteiger partial charge >= 0.3 is 0 Å². The average molecular weight is 578 g/mol. The third-order valence-electron chi connectivity index (χ3n) is 6.84. The molecule has 0 fully saturated rings. The molecule has 0 unspecified atom stereocenters. The molecule has 44 heavy (non-hydrogen) atoms. The van der Waals surface area contributed by atoms with Gasteiger partial charge in [-0.2, -0.15) is 0 Å². The molecule has 8 heteroatoms. The second kappa shape index (κ2) is 12.7. The molecule has 212 valence electrons. The van der Waals surface area contributed by atoms with Gasteiger partial charge in [0.25, 0.3) is 12.9 Å². The molecular formula is C36H23N3O5. The lowest BCUT2D eigenvalue weighted by atomic mass is 9.95. The van der Waals surface area contributed by atoms with Crippen LogP contribution in [0.5, 0.6) is 17.2 Å². The summed E-state index contributed by atoms with van der Waals surface area (Å²) in [5, 5.41) is 2.09. The van der Waals surface area contributed by atoms with Gasteiger partial charge in [0.2, 0.25) is 0 Å². The van der Waals surface area contributed by atoms with E-state index in [1.165, 1.54) is 6.20 Å². The topological polar surface area (TPSA) is 100 Å². The molecule has 3 aromatic heterocycles. The summed E-state index contributed by atoms with van der Waals surface area (Å²) in [6, 6.07) is 30.1. The number of rotatable bonds is 8. The standard InChI is InChI=1S/C36H23N3O5/c1-42-36-11-3-2-7-31(36)30-10-5-8-28-25(6-4-9-29(28)30)13-12-24-14-16-37-32(18-24)34-20-27(44-23-41)21-35(39-34)33-19-26(43-22-40)15-17-38-33/h2-11,14-23H,1H3. The van der Waals surface area contributed by atoms with Crippen molar-refractivity contribution in [2.45, 2.75) is 0 Å². The van der Waals surface area contributed by atoms with Crippen molar-refractivity contribution in [2.75, 3.05) is 7.11 Å². The lowest BCUT2D eigenvalue weighted by molar-refractivity contribution is -0.121. The molecule has 0 saturated carbocycles. The number of hydrogen-bond donors (Lipinski definition) is 0. The van der Waals surface area contributed by atoms with Crippen molar-refractivity contribution in [3.05, 3.63) is 121 Å². The molecule has 0 atom stereocenters. The van der Waals surface area contributed by atoms with Crippen LogP contribution in [-0.2, 0) is 9.59 Å². The van der Waals surface area contributed by atoms with E-state index in [2.05, 4.69) is 45.0 Å². The molecule has 6 rings (SSSR count). The van der Waals surface area contributed by atoms with Gasteiger partial charge in [0.1, 0.15) is 17.2 Å². The number of hydrogen-bond acceptors (Lipinski definition) is 8. The van der Waals surface area contributed by atoms with Gasteiger partial charge in [0, 0.05) is 47.3 Å². The van der Waals surface area contributed by atoms with E-state index in [1.807, 2.05) is 54.6 Å². The maximum atomic E-state index is 11.2. The highest BCUT2D eigenvalue weighted by molar-refractivity contribution is 6.00. The first kappa shape index (κ1) is 27.8. The van der Waals surface area contributed by atoms with E-state index in [0.717, 1.165) is 38.8 Å². The number of carbonyl (C=O) groups is 2. The Bertz CT molecular complexity index is 2080. The number of pyridine rings is 3.